The fourth-order valence-electron chi connectivity index (χ4n) is 3.55. The number of nitrogens with one attached hydrogen (secondary N) is 2. The van der Waals surface area contributed by atoms with Crippen LogP contribution in [-0.2, 0) is 0 Å². The van der Waals surface area contributed by atoms with Crippen molar-refractivity contribution in [1.29, 1.82) is 0 Å². The zero-order valence-corrected chi connectivity index (χ0v) is 14.6. The van der Waals surface area contributed by atoms with Crippen molar-refractivity contribution in [2.75, 3.05) is 16.9 Å². The van der Waals surface area contributed by atoms with E-state index in [1.165, 1.54) is 19.3 Å². The van der Waals surface area contributed by atoms with Crippen LogP contribution in [-0.4, -0.2) is 18.7 Å². The normalized spacial score (nSPS) is 17.4. The third kappa shape index (κ3) is 3.37. The second kappa shape index (κ2) is 7.11. The summed E-state index contributed by atoms with van der Waals surface area (Å²) in [7, 11) is 0. The van der Waals surface area contributed by atoms with E-state index in [1.54, 1.807) is 12.3 Å². The summed E-state index contributed by atoms with van der Waals surface area (Å²) < 4.78 is 5.30. The predicted molar refractivity (Wildman–Crippen MR) is 99.9 cm³/mol. The van der Waals surface area contributed by atoms with Crippen LogP contribution in [0.3, 0.4) is 0 Å². The van der Waals surface area contributed by atoms with Crippen molar-refractivity contribution in [3.63, 3.8) is 0 Å². The number of carbonyl (C=O) groups is 1. The van der Waals surface area contributed by atoms with Crippen molar-refractivity contribution in [1.82, 2.24) is 5.32 Å². The quantitative estimate of drug-likeness (QED) is 0.785. The smallest absolute Gasteiger partial charge is 0.319 e. The van der Waals surface area contributed by atoms with Gasteiger partial charge in [0, 0.05) is 17.4 Å². The first kappa shape index (κ1) is 16.5. The minimum Gasteiger partial charge on any atom is -0.446 e. The summed E-state index contributed by atoms with van der Waals surface area (Å²) in [6, 6.07) is 9.52. The van der Waals surface area contributed by atoms with E-state index in [0.29, 0.717) is 18.0 Å². The molecule has 0 spiro atoms. The molecule has 4 rings (SSSR count). The van der Waals surface area contributed by atoms with Crippen LogP contribution < -0.4 is 32.0 Å². The largest absolute Gasteiger partial charge is 0.446 e. The monoisotopic (exact) mass is 353 g/mol. The van der Waals surface area contributed by atoms with Crippen molar-refractivity contribution < 1.29 is 9.21 Å². The van der Waals surface area contributed by atoms with Gasteiger partial charge in [-0.3, -0.25) is 0 Å². The molecule has 2 aromatic rings. The SMILES string of the molecule is NC1=c2ccoc2=NCN1c1cccc(NC(=O)NC2CCCCC2)c1. The molecule has 0 saturated heterocycles. The Morgan fingerprint density at radius 2 is 2.08 bits per heavy atom. The highest BCUT2D eigenvalue weighted by Gasteiger charge is 2.17. The lowest BCUT2D eigenvalue weighted by Gasteiger charge is -2.25. The standard InChI is InChI=1S/C19H23N5O2/c20-17-16-9-10-26-18(16)21-12-24(17)15-8-4-7-14(11-15)23-19(25)22-13-5-2-1-3-6-13/h4,7-11,13H,1-3,5-6,12,20H2,(H2,22,23,25). The maximum absolute atomic E-state index is 12.3. The number of nitrogens with two attached hydrogens (primary N) is 1. The number of hydrogen-bond acceptors (Lipinski definition) is 5. The summed E-state index contributed by atoms with van der Waals surface area (Å²) >= 11 is 0. The number of fused-ring (bicyclic) bond motifs is 1. The summed E-state index contributed by atoms with van der Waals surface area (Å²) in [5.41, 5.74) is 8.41. The third-order valence-electron chi connectivity index (χ3n) is 4.92. The molecule has 0 bridgehead atoms. The molecule has 7 nitrogen and oxygen atoms in total. The molecule has 1 saturated carbocycles. The molecule has 26 heavy (non-hydrogen) atoms. The van der Waals surface area contributed by atoms with Crippen molar-refractivity contribution in [2.24, 2.45) is 10.7 Å². The number of rotatable bonds is 3. The lowest BCUT2D eigenvalue weighted by Crippen LogP contribution is -2.42. The fourth-order valence-corrected chi connectivity index (χ4v) is 3.55. The first-order valence-electron chi connectivity index (χ1n) is 9.03. The van der Waals surface area contributed by atoms with E-state index in [9.17, 15) is 4.79 Å². The van der Waals surface area contributed by atoms with E-state index in [0.717, 1.165) is 29.4 Å². The Balaban J connectivity index is 1.48. The zero-order chi connectivity index (χ0) is 17.9. The van der Waals surface area contributed by atoms with Crippen LogP contribution in [0.25, 0.3) is 5.82 Å². The topological polar surface area (TPSA) is 95.9 Å². The number of benzene rings is 1. The minimum absolute atomic E-state index is 0.161. The van der Waals surface area contributed by atoms with Crippen molar-refractivity contribution >= 4 is 23.2 Å². The van der Waals surface area contributed by atoms with Gasteiger partial charge in [-0.15, -0.1) is 0 Å². The van der Waals surface area contributed by atoms with Crippen LogP contribution in [0, 0.1) is 0 Å². The van der Waals surface area contributed by atoms with E-state index >= 15 is 0 Å². The van der Waals surface area contributed by atoms with E-state index in [1.807, 2.05) is 29.2 Å². The predicted octanol–water partition coefficient (Wildman–Crippen LogP) is 1.86. The Morgan fingerprint density at radius 3 is 2.92 bits per heavy atom. The van der Waals surface area contributed by atoms with Gasteiger partial charge in [-0.25, -0.2) is 9.79 Å². The van der Waals surface area contributed by atoms with Gasteiger partial charge in [-0.2, -0.15) is 0 Å². The highest BCUT2D eigenvalue weighted by atomic mass is 16.3. The Hall–Kier alpha value is -2.96. The summed E-state index contributed by atoms with van der Waals surface area (Å²) in [4.78, 5) is 18.5. The molecule has 136 valence electrons. The summed E-state index contributed by atoms with van der Waals surface area (Å²) in [5, 5.41) is 6.76. The highest BCUT2D eigenvalue weighted by Crippen LogP contribution is 2.22. The molecule has 1 aliphatic carbocycles. The maximum Gasteiger partial charge on any atom is 0.319 e. The molecular weight excluding hydrogens is 330 g/mol. The maximum atomic E-state index is 12.3. The molecule has 2 aliphatic rings. The molecule has 1 fully saturated rings. The van der Waals surface area contributed by atoms with Gasteiger partial charge >= 0.3 is 6.03 Å². The van der Waals surface area contributed by atoms with Gasteiger partial charge in [0.05, 0.1) is 11.5 Å². The second-order valence-corrected chi connectivity index (χ2v) is 6.74. The van der Waals surface area contributed by atoms with E-state index in [-0.39, 0.29) is 12.1 Å². The average molecular weight is 353 g/mol. The van der Waals surface area contributed by atoms with Crippen molar-refractivity contribution in [2.45, 2.75) is 38.1 Å². The Labute approximate surface area is 151 Å². The van der Waals surface area contributed by atoms with Crippen LogP contribution in [0.5, 0.6) is 0 Å². The number of urea groups is 1. The summed E-state index contributed by atoms with van der Waals surface area (Å²) in [5.74, 6) is 0.590. The number of amides is 2. The Bertz CT molecular complexity index is 914. The van der Waals surface area contributed by atoms with Gasteiger partial charge < -0.3 is 25.7 Å². The first-order chi connectivity index (χ1) is 12.7. The molecule has 1 aromatic heterocycles. The number of hydrogen-bond donors (Lipinski definition) is 3. The molecule has 7 heteroatoms. The molecule has 4 N–H and O–H groups in total. The Kier molecular flexibility index (Phi) is 4.51. The average Bonchev–Trinajstić information content (AvgIpc) is 3.13. The number of carbonyl (C=O) groups excluding carboxylic acids is 1. The molecular formula is C19H23N5O2. The molecule has 2 heterocycles. The second-order valence-electron chi connectivity index (χ2n) is 6.74. The van der Waals surface area contributed by atoms with Crippen LogP contribution >= 0.6 is 0 Å². The van der Waals surface area contributed by atoms with E-state index in [2.05, 4.69) is 15.6 Å². The summed E-state index contributed by atoms with van der Waals surface area (Å²) in [6.07, 6.45) is 7.33. The van der Waals surface area contributed by atoms with E-state index < -0.39 is 0 Å². The van der Waals surface area contributed by atoms with Crippen LogP contribution in [0.2, 0.25) is 0 Å². The number of anilines is 2. The van der Waals surface area contributed by atoms with E-state index in [4.69, 9.17) is 10.2 Å². The molecule has 1 aliphatic heterocycles. The van der Waals surface area contributed by atoms with Crippen LogP contribution in [0.15, 0.2) is 46.0 Å². The lowest BCUT2D eigenvalue weighted by molar-refractivity contribution is 0.244. The van der Waals surface area contributed by atoms with Crippen molar-refractivity contribution in [3.8, 4) is 0 Å². The van der Waals surface area contributed by atoms with Gasteiger partial charge in [-0.1, -0.05) is 25.3 Å². The molecule has 0 atom stereocenters. The molecule has 0 radical (unpaired) electrons. The number of furan rings is 1. The number of nitrogens with zero attached hydrogens (tertiary/aromatic N) is 2. The highest BCUT2D eigenvalue weighted by molar-refractivity contribution is 5.90. The first-order valence-corrected chi connectivity index (χ1v) is 9.03. The minimum atomic E-state index is -0.161. The zero-order valence-electron chi connectivity index (χ0n) is 14.6. The molecule has 1 aromatic carbocycles. The van der Waals surface area contributed by atoms with Crippen LogP contribution in [0.1, 0.15) is 32.1 Å². The van der Waals surface area contributed by atoms with Gasteiger partial charge in [0.25, 0.3) is 0 Å². The van der Waals surface area contributed by atoms with Gasteiger partial charge in [0.15, 0.2) is 0 Å². The fraction of sp³-hybridized carbons (Fsp3) is 0.368. The Morgan fingerprint density at radius 1 is 1.23 bits per heavy atom. The van der Waals surface area contributed by atoms with Gasteiger partial charge in [0.1, 0.15) is 12.5 Å². The third-order valence-corrected chi connectivity index (χ3v) is 4.92. The van der Waals surface area contributed by atoms with Gasteiger partial charge in [0.2, 0.25) is 5.55 Å². The van der Waals surface area contributed by atoms with Gasteiger partial charge in [-0.05, 0) is 37.1 Å². The molecule has 0 unspecified atom stereocenters. The lowest BCUT2D eigenvalue weighted by atomic mass is 9.96. The van der Waals surface area contributed by atoms with Crippen LogP contribution in [0.4, 0.5) is 16.2 Å². The molecule has 2 amide bonds. The summed E-state index contributed by atoms with van der Waals surface area (Å²) in [6.45, 7) is 0.379. The van der Waals surface area contributed by atoms with Crippen molar-refractivity contribution in [3.05, 3.63) is 47.4 Å².